The number of methoxy groups -OCH3 is 1. The summed E-state index contributed by atoms with van der Waals surface area (Å²) in [7, 11) is 1.75. The van der Waals surface area contributed by atoms with E-state index in [0.29, 0.717) is 0 Å². The molecule has 4 nitrogen and oxygen atoms in total. The van der Waals surface area contributed by atoms with Crippen LogP contribution in [0.15, 0.2) is 42.5 Å². The number of fused-ring (bicyclic) bond motifs is 1. The van der Waals surface area contributed by atoms with Gasteiger partial charge in [0.15, 0.2) is 5.11 Å². The molecular formula is C25H35N3OS. The van der Waals surface area contributed by atoms with E-state index in [-0.39, 0.29) is 0 Å². The molecule has 0 saturated carbocycles. The monoisotopic (exact) mass is 425 g/mol. The second kappa shape index (κ2) is 11.3. The van der Waals surface area contributed by atoms with Crippen LogP contribution >= 0.6 is 12.2 Å². The van der Waals surface area contributed by atoms with Crippen molar-refractivity contribution in [2.45, 2.75) is 46.1 Å². The zero-order chi connectivity index (χ0) is 21.3. The van der Waals surface area contributed by atoms with Crippen LogP contribution in [-0.4, -0.2) is 43.4 Å². The average Bonchev–Trinajstić information content (AvgIpc) is 2.73. The van der Waals surface area contributed by atoms with Crippen molar-refractivity contribution in [1.29, 1.82) is 0 Å². The van der Waals surface area contributed by atoms with Gasteiger partial charge in [-0.05, 0) is 79.7 Å². The van der Waals surface area contributed by atoms with Crippen molar-refractivity contribution in [2.24, 2.45) is 0 Å². The molecule has 1 aliphatic rings. The molecule has 0 fully saturated rings. The maximum absolute atomic E-state index is 5.79. The van der Waals surface area contributed by atoms with Gasteiger partial charge in [-0.1, -0.05) is 31.2 Å². The van der Waals surface area contributed by atoms with Crippen molar-refractivity contribution in [3.8, 4) is 0 Å². The highest BCUT2D eigenvalue weighted by Gasteiger charge is 2.18. The number of benzene rings is 2. The molecule has 0 atom stereocenters. The minimum atomic E-state index is 0.736. The van der Waals surface area contributed by atoms with E-state index >= 15 is 0 Å². The van der Waals surface area contributed by atoms with Crippen LogP contribution in [0.2, 0.25) is 0 Å². The summed E-state index contributed by atoms with van der Waals surface area (Å²) in [6.45, 7) is 9.07. The van der Waals surface area contributed by atoms with Crippen LogP contribution in [0.5, 0.6) is 0 Å². The van der Waals surface area contributed by atoms with Crippen molar-refractivity contribution in [2.75, 3.05) is 43.6 Å². The van der Waals surface area contributed by atoms with Gasteiger partial charge in [-0.25, -0.2) is 0 Å². The van der Waals surface area contributed by atoms with Crippen molar-refractivity contribution < 1.29 is 4.74 Å². The first-order chi connectivity index (χ1) is 14.6. The Bertz CT molecular complexity index is 839. The minimum Gasteiger partial charge on any atom is -0.385 e. The zero-order valence-electron chi connectivity index (χ0n) is 18.6. The molecule has 0 bridgehead atoms. The Labute approximate surface area is 187 Å². The van der Waals surface area contributed by atoms with E-state index in [1.165, 1.54) is 48.2 Å². The molecule has 1 N–H and O–H groups in total. The van der Waals surface area contributed by atoms with Crippen LogP contribution in [0.25, 0.3) is 0 Å². The quantitative estimate of drug-likeness (QED) is 0.429. The van der Waals surface area contributed by atoms with Crippen LogP contribution in [0, 0.1) is 6.92 Å². The molecular weight excluding hydrogens is 390 g/mol. The Hall–Kier alpha value is -2.11. The molecule has 1 aliphatic heterocycles. The first-order valence-electron chi connectivity index (χ1n) is 11.1. The molecule has 0 aliphatic carbocycles. The number of thiocarbonyl (C=S) groups is 1. The highest BCUT2D eigenvalue weighted by Crippen LogP contribution is 2.28. The number of anilines is 2. The third-order valence-corrected chi connectivity index (χ3v) is 5.92. The van der Waals surface area contributed by atoms with Gasteiger partial charge in [-0.15, -0.1) is 0 Å². The number of ether oxygens (including phenoxy) is 1. The van der Waals surface area contributed by atoms with E-state index < -0.39 is 0 Å². The second-order valence-corrected chi connectivity index (χ2v) is 8.51. The molecule has 3 rings (SSSR count). The standard InChI is InChI=1S/C25H35N3OS/c1-4-13-27-14-6-9-22-18-21(11-12-24(22)27)19-28(15-7-16-29-3)25(30)26-23-10-5-8-20(2)17-23/h5,8,10-12,17-18H,4,6-7,9,13-16,19H2,1-3H3,(H,26,30). The largest absolute Gasteiger partial charge is 0.385 e. The van der Waals surface area contributed by atoms with Gasteiger partial charge in [0, 0.05) is 51.3 Å². The Kier molecular flexibility index (Phi) is 8.52. The molecule has 2 aromatic rings. The van der Waals surface area contributed by atoms with Crippen LogP contribution in [0.3, 0.4) is 0 Å². The predicted octanol–water partition coefficient (Wildman–Crippen LogP) is 5.39. The number of hydrogen-bond acceptors (Lipinski definition) is 3. The number of nitrogens with zero attached hydrogens (tertiary/aromatic N) is 2. The molecule has 1 heterocycles. The van der Waals surface area contributed by atoms with Gasteiger partial charge in [0.25, 0.3) is 0 Å². The number of nitrogens with one attached hydrogen (secondary N) is 1. The number of rotatable bonds is 9. The van der Waals surface area contributed by atoms with Crippen molar-refractivity contribution in [3.63, 3.8) is 0 Å². The summed E-state index contributed by atoms with van der Waals surface area (Å²) in [5.41, 5.74) is 6.47. The topological polar surface area (TPSA) is 27.7 Å². The van der Waals surface area contributed by atoms with Crippen LogP contribution < -0.4 is 10.2 Å². The van der Waals surface area contributed by atoms with E-state index in [4.69, 9.17) is 17.0 Å². The molecule has 0 radical (unpaired) electrons. The zero-order valence-corrected chi connectivity index (χ0v) is 19.4. The van der Waals surface area contributed by atoms with E-state index in [0.717, 1.165) is 43.5 Å². The predicted molar refractivity (Wildman–Crippen MR) is 132 cm³/mol. The van der Waals surface area contributed by atoms with Crippen LogP contribution in [0.4, 0.5) is 11.4 Å². The molecule has 0 unspecified atom stereocenters. The molecule has 0 aromatic heterocycles. The first-order valence-corrected chi connectivity index (χ1v) is 11.5. The Morgan fingerprint density at radius 1 is 1.23 bits per heavy atom. The Morgan fingerprint density at radius 3 is 2.87 bits per heavy atom. The molecule has 0 amide bonds. The summed E-state index contributed by atoms with van der Waals surface area (Å²) >= 11 is 5.79. The van der Waals surface area contributed by atoms with E-state index in [2.05, 4.69) is 71.4 Å². The van der Waals surface area contributed by atoms with E-state index in [1.807, 2.05) is 0 Å². The van der Waals surface area contributed by atoms with Gasteiger partial charge in [-0.2, -0.15) is 0 Å². The lowest BCUT2D eigenvalue weighted by atomic mass is 9.99. The van der Waals surface area contributed by atoms with Crippen molar-refractivity contribution in [3.05, 3.63) is 59.2 Å². The van der Waals surface area contributed by atoms with Crippen LogP contribution in [0.1, 0.15) is 42.9 Å². The number of hydrogen-bond donors (Lipinski definition) is 1. The lowest BCUT2D eigenvalue weighted by Gasteiger charge is -2.32. The fourth-order valence-electron chi connectivity index (χ4n) is 4.13. The lowest BCUT2D eigenvalue weighted by Crippen LogP contribution is -2.35. The molecule has 0 spiro atoms. The van der Waals surface area contributed by atoms with Gasteiger partial charge in [0.2, 0.25) is 0 Å². The smallest absolute Gasteiger partial charge is 0.173 e. The summed E-state index contributed by atoms with van der Waals surface area (Å²) in [6.07, 6.45) is 4.54. The fourth-order valence-corrected chi connectivity index (χ4v) is 4.40. The normalized spacial score (nSPS) is 13.1. The minimum absolute atomic E-state index is 0.736. The second-order valence-electron chi connectivity index (χ2n) is 8.12. The molecule has 162 valence electrons. The number of aryl methyl sites for hydroxylation is 2. The summed E-state index contributed by atoms with van der Waals surface area (Å²) < 4.78 is 5.27. The third kappa shape index (κ3) is 6.19. The summed E-state index contributed by atoms with van der Waals surface area (Å²) in [5, 5.41) is 4.19. The average molecular weight is 426 g/mol. The van der Waals surface area contributed by atoms with Gasteiger partial charge in [-0.3, -0.25) is 0 Å². The molecule has 5 heteroatoms. The molecule has 2 aromatic carbocycles. The summed E-state index contributed by atoms with van der Waals surface area (Å²) in [5.74, 6) is 0. The van der Waals surface area contributed by atoms with Gasteiger partial charge >= 0.3 is 0 Å². The maximum Gasteiger partial charge on any atom is 0.173 e. The third-order valence-electron chi connectivity index (χ3n) is 5.56. The first kappa shape index (κ1) is 22.6. The van der Waals surface area contributed by atoms with Gasteiger partial charge in [0.1, 0.15) is 0 Å². The Balaban J connectivity index is 1.73. The highest BCUT2D eigenvalue weighted by atomic mass is 32.1. The van der Waals surface area contributed by atoms with Crippen molar-refractivity contribution >= 4 is 28.7 Å². The Morgan fingerprint density at radius 2 is 2.10 bits per heavy atom. The van der Waals surface area contributed by atoms with Crippen molar-refractivity contribution in [1.82, 2.24) is 4.90 Å². The molecule has 0 saturated heterocycles. The summed E-state index contributed by atoms with van der Waals surface area (Å²) in [6, 6.07) is 15.3. The van der Waals surface area contributed by atoms with Crippen LogP contribution in [-0.2, 0) is 17.7 Å². The maximum atomic E-state index is 5.79. The molecule has 30 heavy (non-hydrogen) atoms. The fraction of sp³-hybridized carbons (Fsp3) is 0.480. The lowest BCUT2D eigenvalue weighted by molar-refractivity contribution is 0.185. The highest BCUT2D eigenvalue weighted by molar-refractivity contribution is 7.80. The van der Waals surface area contributed by atoms with Gasteiger partial charge in [0.05, 0.1) is 0 Å². The van der Waals surface area contributed by atoms with Gasteiger partial charge < -0.3 is 19.9 Å². The van der Waals surface area contributed by atoms with E-state index in [9.17, 15) is 0 Å². The summed E-state index contributed by atoms with van der Waals surface area (Å²) in [4.78, 5) is 4.79. The SMILES string of the molecule is CCCN1CCCc2cc(CN(CCCOC)C(=S)Nc3cccc(C)c3)ccc21. The van der Waals surface area contributed by atoms with E-state index in [1.54, 1.807) is 7.11 Å².